The van der Waals surface area contributed by atoms with Crippen molar-refractivity contribution in [3.05, 3.63) is 24.3 Å². The van der Waals surface area contributed by atoms with E-state index >= 15 is 0 Å². The van der Waals surface area contributed by atoms with Crippen molar-refractivity contribution < 1.29 is 19.1 Å². The Labute approximate surface area is 184 Å². The summed E-state index contributed by atoms with van der Waals surface area (Å²) in [6.45, 7) is 8.79. The van der Waals surface area contributed by atoms with Crippen LogP contribution in [-0.4, -0.2) is 86.9 Å². The summed E-state index contributed by atoms with van der Waals surface area (Å²) in [4.78, 5) is 31.9. The van der Waals surface area contributed by atoms with E-state index in [0.717, 1.165) is 50.7 Å². The molecule has 0 aromatic heterocycles. The SMILES string of the molecule is CC[C@@H]1CN(C(=O)N2CCC(C(=O)NCCN3CCOCC3)CC2)c2ccccc2O1. The van der Waals surface area contributed by atoms with Gasteiger partial charge in [0.05, 0.1) is 25.4 Å². The average Bonchev–Trinajstić information content (AvgIpc) is 2.83. The number of ether oxygens (including phenoxy) is 2. The molecule has 0 spiro atoms. The molecule has 1 atom stereocenters. The number of carbonyl (C=O) groups excluding carboxylic acids is 2. The van der Waals surface area contributed by atoms with Crippen molar-refractivity contribution in [3.8, 4) is 5.75 Å². The van der Waals surface area contributed by atoms with Crippen LogP contribution in [0, 0.1) is 5.92 Å². The molecule has 0 radical (unpaired) electrons. The van der Waals surface area contributed by atoms with Crippen LogP contribution in [0.5, 0.6) is 5.75 Å². The molecule has 0 aliphatic carbocycles. The first-order chi connectivity index (χ1) is 15.2. The third-order valence-electron chi connectivity index (χ3n) is 6.49. The Kier molecular flexibility index (Phi) is 7.29. The number of benzene rings is 1. The highest BCUT2D eigenvalue weighted by atomic mass is 16.5. The number of nitrogens with one attached hydrogen (secondary N) is 1. The highest BCUT2D eigenvalue weighted by Crippen LogP contribution is 2.35. The van der Waals surface area contributed by atoms with E-state index in [0.29, 0.717) is 39.0 Å². The molecule has 4 rings (SSSR count). The highest BCUT2D eigenvalue weighted by Gasteiger charge is 2.34. The molecule has 1 N–H and O–H groups in total. The summed E-state index contributed by atoms with van der Waals surface area (Å²) < 4.78 is 11.4. The molecule has 8 heteroatoms. The average molecular weight is 431 g/mol. The smallest absolute Gasteiger partial charge is 0.324 e. The monoisotopic (exact) mass is 430 g/mol. The fourth-order valence-electron chi connectivity index (χ4n) is 4.50. The maximum atomic E-state index is 13.3. The molecule has 31 heavy (non-hydrogen) atoms. The number of morpholine rings is 1. The predicted molar refractivity (Wildman–Crippen MR) is 118 cm³/mol. The van der Waals surface area contributed by atoms with Gasteiger partial charge in [-0.05, 0) is 31.4 Å². The van der Waals surface area contributed by atoms with Crippen molar-refractivity contribution in [3.63, 3.8) is 0 Å². The lowest BCUT2D eigenvalue weighted by Gasteiger charge is -2.39. The fourth-order valence-corrected chi connectivity index (χ4v) is 4.50. The minimum Gasteiger partial charge on any atom is -0.486 e. The zero-order valence-corrected chi connectivity index (χ0v) is 18.4. The molecule has 3 aliphatic rings. The third-order valence-corrected chi connectivity index (χ3v) is 6.49. The van der Waals surface area contributed by atoms with Gasteiger partial charge in [0.15, 0.2) is 0 Å². The molecule has 0 unspecified atom stereocenters. The van der Waals surface area contributed by atoms with E-state index in [1.807, 2.05) is 34.1 Å². The van der Waals surface area contributed by atoms with Gasteiger partial charge < -0.3 is 19.7 Å². The van der Waals surface area contributed by atoms with Gasteiger partial charge in [-0.15, -0.1) is 0 Å². The molecule has 3 amide bonds. The summed E-state index contributed by atoms with van der Waals surface area (Å²) in [6.07, 6.45) is 2.27. The topological polar surface area (TPSA) is 74.4 Å². The summed E-state index contributed by atoms with van der Waals surface area (Å²) in [5.41, 5.74) is 0.833. The van der Waals surface area contributed by atoms with Gasteiger partial charge in [-0.1, -0.05) is 19.1 Å². The number of likely N-dealkylation sites (tertiary alicyclic amines) is 1. The second kappa shape index (κ2) is 10.3. The van der Waals surface area contributed by atoms with Gasteiger partial charge in [-0.3, -0.25) is 14.6 Å². The van der Waals surface area contributed by atoms with E-state index in [4.69, 9.17) is 9.47 Å². The van der Waals surface area contributed by atoms with Gasteiger partial charge in [-0.2, -0.15) is 0 Å². The second-order valence-corrected chi connectivity index (χ2v) is 8.52. The number of nitrogens with zero attached hydrogens (tertiary/aromatic N) is 3. The van der Waals surface area contributed by atoms with Crippen LogP contribution in [0.25, 0.3) is 0 Å². The molecular formula is C23H34N4O4. The van der Waals surface area contributed by atoms with E-state index < -0.39 is 0 Å². The van der Waals surface area contributed by atoms with E-state index in [1.54, 1.807) is 0 Å². The molecule has 3 aliphatic heterocycles. The molecule has 2 fully saturated rings. The van der Waals surface area contributed by atoms with E-state index in [1.165, 1.54) is 0 Å². The Bertz CT molecular complexity index is 760. The third kappa shape index (κ3) is 5.30. The standard InChI is InChI=1S/C23H34N4O4/c1-2-19-17-27(20-5-3-4-6-21(20)31-19)23(29)26-10-7-18(8-11-26)22(28)24-9-12-25-13-15-30-16-14-25/h3-6,18-19H,2,7-17H2,1H3,(H,24,28)/t19-/m1/s1. The van der Waals surface area contributed by atoms with Crippen LogP contribution in [-0.2, 0) is 9.53 Å². The number of hydrogen-bond donors (Lipinski definition) is 1. The Hall–Kier alpha value is -2.32. The lowest BCUT2D eigenvalue weighted by molar-refractivity contribution is -0.126. The quantitative estimate of drug-likeness (QED) is 0.773. The van der Waals surface area contributed by atoms with Crippen molar-refractivity contribution in [2.75, 3.05) is 63.9 Å². The number of fused-ring (bicyclic) bond motifs is 1. The zero-order valence-electron chi connectivity index (χ0n) is 18.4. The number of anilines is 1. The molecule has 0 bridgehead atoms. The fraction of sp³-hybridized carbons (Fsp3) is 0.652. The Morgan fingerprint density at radius 2 is 1.84 bits per heavy atom. The van der Waals surface area contributed by atoms with E-state index in [9.17, 15) is 9.59 Å². The zero-order chi connectivity index (χ0) is 21.6. The minimum absolute atomic E-state index is 0.00799. The molecule has 8 nitrogen and oxygen atoms in total. The summed E-state index contributed by atoms with van der Waals surface area (Å²) >= 11 is 0. The van der Waals surface area contributed by atoms with Gasteiger partial charge in [0, 0.05) is 45.2 Å². The van der Waals surface area contributed by atoms with Gasteiger partial charge in [0.1, 0.15) is 11.9 Å². The Morgan fingerprint density at radius 1 is 1.10 bits per heavy atom. The highest BCUT2D eigenvalue weighted by molar-refractivity contribution is 5.94. The number of amides is 3. The number of piperidine rings is 1. The molecular weight excluding hydrogens is 396 g/mol. The van der Waals surface area contributed by atoms with Crippen molar-refractivity contribution in [2.45, 2.75) is 32.3 Å². The number of urea groups is 1. The first kappa shape index (κ1) is 21.9. The predicted octanol–water partition coefficient (Wildman–Crippen LogP) is 1.94. The second-order valence-electron chi connectivity index (χ2n) is 8.52. The van der Waals surface area contributed by atoms with Crippen LogP contribution in [0.4, 0.5) is 10.5 Å². The maximum Gasteiger partial charge on any atom is 0.324 e. The normalized spacial score (nSPS) is 22.5. The van der Waals surface area contributed by atoms with E-state index in [-0.39, 0.29) is 24.0 Å². The largest absolute Gasteiger partial charge is 0.486 e. The van der Waals surface area contributed by atoms with Crippen molar-refractivity contribution in [1.29, 1.82) is 0 Å². The van der Waals surface area contributed by atoms with Crippen molar-refractivity contribution in [1.82, 2.24) is 15.1 Å². The molecule has 170 valence electrons. The first-order valence-electron chi connectivity index (χ1n) is 11.6. The van der Waals surface area contributed by atoms with Gasteiger partial charge in [-0.25, -0.2) is 4.79 Å². The van der Waals surface area contributed by atoms with Crippen LogP contribution < -0.4 is 15.0 Å². The van der Waals surface area contributed by atoms with Gasteiger partial charge in [0.2, 0.25) is 5.91 Å². The summed E-state index contributed by atoms with van der Waals surface area (Å²) in [5, 5.41) is 3.08. The van der Waals surface area contributed by atoms with Crippen LogP contribution in [0.1, 0.15) is 26.2 Å². The molecule has 2 saturated heterocycles. The van der Waals surface area contributed by atoms with E-state index in [2.05, 4.69) is 17.1 Å². The lowest BCUT2D eigenvalue weighted by atomic mass is 9.96. The number of rotatable bonds is 5. The minimum atomic E-state index is -0.0193. The molecule has 0 saturated carbocycles. The molecule has 1 aromatic rings. The van der Waals surface area contributed by atoms with Crippen LogP contribution in [0.2, 0.25) is 0 Å². The van der Waals surface area contributed by atoms with Crippen LogP contribution in [0.15, 0.2) is 24.3 Å². The first-order valence-corrected chi connectivity index (χ1v) is 11.6. The van der Waals surface area contributed by atoms with Crippen molar-refractivity contribution >= 4 is 17.6 Å². The lowest BCUT2D eigenvalue weighted by Crippen LogP contribution is -2.52. The molecule has 1 aromatic carbocycles. The number of para-hydroxylation sites is 2. The van der Waals surface area contributed by atoms with Crippen LogP contribution in [0.3, 0.4) is 0 Å². The van der Waals surface area contributed by atoms with Gasteiger partial charge >= 0.3 is 6.03 Å². The van der Waals surface area contributed by atoms with Gasteiger partial charge in [0.25, 0.3) is 0 Å². The summed E-state index contributed by atoms with van der Waals surface area (Å²) in [6, 6.07) is 7.74. The Morgan fingerprint density at radius 3 is 2.58 bits per heavy atom. The molecule has 3 heterocycles. The van der Waals surface area contributed by atoms with Crippen LogP contribution >= 0.6 is 0 Å². The van der Waals surface area contributed by atoms with Crippen molar-refractivity contribution in [2.24, 2.45) is 5.92 Å². The number of hydrogen-bond acceptors (Lipinski definition) is 5. The number of carbonyl (C=O) groups is 2. The maximum absolute atomic E-state index is 13.3. The Balaban J connectivity index is 1.26. The summed E-state index contributed by atoms with van der Waals surface area (Å²) in [7, 11) is 0. The summed E-state index contributed by atoms with van der Waals surface area (Å²) in [5.74, 6) is 0.862.